The number of ether oxygens (including phenoxy) is 2. The van der Waals surface area contributed by atoms with Gasteiger partial charge in [-0.2, -0.15) is 0 Å². The first-order chi connectivity index (χ1) is 11.1. The van der Waals surface area contributed by atoms with E-state index in [1.165, 1.54) is 12.8 Å². The van der Waals surface area contributed by atoms with Gasteiger partial charge < -0.3 is 20.1 Å². The minimum atomic E-state index is -0.137. The average Bonchev–Trinajstić information content (AvgIpc) is 2.54. The standard InChI is InChI=1S/C18H30N2O3/c1-5-7-8-9-14(3)20-18(21)19-13-15-10-11-16(23-6-2)17(12-15)22-4/h10-12,14H,5-9,13H2,1-4H3,(H2,19,20,21). The van der Waals surface area contributed by atoms with Gasteiger partial charge in [-0.15, -0.1) is 0 Å². The van der Waals surface area contributed by atoms with Crippen LogP contribution < -0.4 is 20.1 Å². The largest absolute Gasteiger partial charge is 0.493 e. The second-order valence-electron chi connectivity index (χ2n) is 5.64. The Balaban J connectivity index is 2.43. The lowest BCUT2D eigenvalue weighted by atomic mass is 10.1. The number of methoxy groups -OCH3 is 1. The normalized spacial score (nSPS) is 11.7. The number of carbonyl (C=O) groups is 1. The first-order valence-electron chi connectivity index (χ1n) is 8.44. The van der Waals surface area contributed by atoms with Gasteiger partial charge in [0.15, 0.2) is 11.5 Å². The van der Waals surface area contributed by atoms with Gasteiger partial charge in [0.25, 0.3) is 0 Å². The van der Waals surface area contributed by atoms with Gasteiger partial charge in [-0.1, -0.05) is 32.3 Å². The van der Waals surface area contributed by atoms with E-state index in [1.807, 2.05) is 32.0 Å². The van der Waals surface area contributed by atoms with E-state index in [1.54, 1.807) is 7.11 Å². The molecule has 130 valence electrons. The molecule has 0 aromatic heterocycles. The highest BCUT2D eigenvalue weighted by atomic mass is 16.5. The molecule has 5 heteroatoms. The molecular formula is C18H30N2O3. The summed E-state index contributed by atoms with van der Waals surface area (Å²) in [6, 6.07) is 5.73. The number of unbranched alkanes of at least 4 members (excludes halogenated alkanes) is 2. The fraction of sp³-hybridized carbons (Fsp3) is 0.611. The van der Waals surface area contributed by atoms with Crippen LogP contribution in [-0.2, 0) is 6.54 Å². The molecule has 0 aliphatic rings. The van der Waals surface area contributed by atoms with E-state index in [9.17, 15) is 4.79 Å². The monoisotopic (exact) mass is 322 g/mol. The molecule has 5 nitrogen and oxygen atoms in total. The molecule has 2 amide bonds. The predicted molar refractivity (Wildman–Crippen MR) is 93.1 cm³/mol. The van der Waals surface area contributed by atoms with Gasteiger partial charge in [0.2, 0.25) is 0 Å². The second kappa shape index (κ2) is 10.8. The van der Waals surface area contributed by atoms with Crippen molar-refractivity contribution in [2.75, 3.05) is 13.7 Å². The molecule has 1 atom stereocenters. The number of hydrogen-bond donors (Lipinski definition) is 2. The Kier molecular flexibility index (Phi) is 8.95. The molecule has 23 heavy (non-hydrogen) atoms. The van der Waals surface area contributed by atoms with E-state index < -0.39 is 0 Å². The lowest BCUT2D eigenvalue weighted by Gasteiger charge is -2.15. The van der Waals surface area contributed by atoms with Crippen molar-refractivity contribution < 1.29 is 14.3 Å². The highest BCUT2D eigenvalue weighted by Gasteiger charge is 2.08. The van der Waals surface area contributed by atoms with E-state index in [4.69, 9.17) is 9.47 Å². The summed E-state index contributed by atoms with van der Waals surface area (Å²) in [7, 11) is 1.61. The minimum absolute atomic E-state index is 0.137. The molecule has 0 heterocycles. The Morgan fingerprint density at radius 2 is 2.00 bits per heavy atom. The third kappa shape index (κ3) is 7.26. The zero-order chi connectivity index (χ0) is 17.1. The molecule has 0 radical (unpaired) electrons. The summed E-state index contributed by atoms with van der Waals surface area (Å²) in [6.07, 6.45) is 4.56. The van der Waals surface area contributed by atoms with Crippen molar-refractivity contribution in [2.45, 2.75) is 59.0 Å². The molecule has 1 aromatic rings. The Morgan fingerprint density at radius 3 is 2.65 bits per heavy atom. The van der Waals surface area contributed by atoms with Crippen molar-refractivity contribution in [1.29, 1.82) is 0 Å². The zero-order valence-electron chi connectivity index (χ0n) is 14.8. The number of amides is 2. The molecule has 1 aromatic carbocycles. The summed E-state index contributed by atoms with van der Waals surface area (Å²) >= 11 is 0. The van der Waals surface area contributed by atoms with Gasteiger partial charge >= 0.3 is 6.03 Å². The van der Waals surface area contributed by atoms with E-state index in [2.05, 4.69) is 17.6 Å². The van der Waals surface area contributed by atoms with Gasteiger partial charge in [0.1, 0.15) is 0 Å². The first kappa shape index (κ1) is 19.1. The van der Waals surface area contributed by atoms with Crippen LogP contribution in [0.1, 0.15) is 52.0 Å². The van der Waals surface area contributed by atoms with Gasteiger partial charge in [0, 0.05) is 12.6 Å². The van der Waals surface area contributed by atoms with Crippen LogP contribution in [0.15, 0.2) is 18.2 Å². The van der Waals surface area contributed by atoms with Crippen LogP contribution >= 0.6 is 0 Å². The number of hydrogen-bond acceptors (Lipinski definition) is 3. The van der Waals surface area contributed by atoms with E-state index in [-0.39, 0.29) is 12.1 Å². The molecule has 0 spiro atoms. The van der Waals surface area contributed by atoms with E-state index in [0.717, 1.165) is 18.4 Å². The SMILES string of the molecule is CCCCCC(C)NC(=O)NCc1ccc(OCC)c(OC)c1. The van der Waals surface area contributed by atoms with Crippen LogP contribution in [0.4, 0.5) is 4.79 Å². The summed E-state index contributed by atoms with van der Waals surface area (Å²) in [5.41, 5.74) is 0.971. The number of rotatable bonds is 10. The van der Waals surface area contributed by atoms with Gasteiger partial charge in [-0.3, -0.25) is 0 Å². The third-order valence-electron chi connectivity index (χ3n) is 3.60. The Labute approximate surface area is 139 Å². The van der Waals surface area contributed by atoms with Crippen LogP contribution in [0.25, 0.3) is 0 Å². The van der Waals surface area contributed by atoms with Crippen molar-refractivity contribution in [1.82, 2.24) is 10.6 Å². The summed E-state index contributed by atoms with van der Waals surface area (Å²) in [5, 5.41) is 5.84. The summed E-state index contributed by atoms with van der Waals surface area (Å²) in [4.78, 5) is 11.9. The topological polar surface area (TPSA) is 59.6 Å². The molecule has 0 bridgehead atoms. The van der Waals surface area contributed by atoms with Crippen LogP contribution in [0.2, 0.25) is 0 Å². The molecule has 0 aliphatic heterocycles. The van der Waals surface area contributed by atoms with Crippen LogP contribution in [0, 0.1) is 0 Å². The maximum absolute atomic E-state index is 11.9. The quantitative estimate of drug-likeness (QED) is 0.643. The molecule has 0 fully saturated rings. The lowest BCUT2D eigenvalue weighted by molar-refractivity contribution is 0.236. The van der Waals surface area contributed by atoms with E-state index >= 15 is 0 Å². The molecule has 0 saturated carbocycles. The summed E-state index contributed by atoms with van der Waals surface area (Å²) < 4.78 is 10.8. The Morgan fingerprint density at radius 1 is 1.22 bits per heavy atom. The Bertz CT molecular complexity index is 477. The second-order valence-corrected chi connectivity index (χ2v) is 5.64. The number of benzene rings is 1. The maximum Gasteiger partial charge on any atom is 0.315 e. The average molecular weight is 322 g/mol. The van der Waals surface area contributed by atoms with Crippen LogP contribution in [0.3, 0.4) is 0 Å². The fourth-order valence-corrected chi connectivity index (χ4v) is 2.33. The minimum Gasteiger partial charge on any atom is -0.493 e. The van der Waals surface area contributed by atoms with Crippen molar-refractivity contribution >= 4 is 6.03 Å². The first-order valence-corrected chi connectivity index (χ1v) is 8.44. The molecule has 2 N–H and O–H groups in total. The lowest BCUT2D eigenvalue weighted by Crippen LogP contribution is -2.40. The predicted octanol–water partition coefficient (Wildman–Crippen LogP) is 3.86. The molecule has 0 aliphatic carbocycles. The number of urea groups is 1. The number of carbonyl (C=O) groups excluding carboxylic acids is 1. The summed E-state index contributed by atoms with van der Waals surface area (Å²) in [6.45, 7) is 7.19. The van der Waals surface area contributed by atoms with Crippen molar-refractivity contribution in [3.63, 3.8) is 0 Å². The molecule has 1 unspecified atom stereocenters. The number of nitrogens with one attached hydrogen (secondary N) is 2. The van der Waals surface area contributed by atoms with Crippen molar-refractivity contribution in [2.24, 2.45) is 0 Å². The van der Waals surface area contributed by atoms with Crippen LogP contribution in [-0.4, -0.2) is 25.8 Å². The third-order valence-corrected chi connectivity index (χ3v) is 3.60. The smallest absolute Gasteiger partial charge is 0.315 e. The highest BCUT2D eigenvalue weighted by Crippen LogP contribution is 2.27. The fourth-order valence-electron chi connectivity index (χ4n) is 2.33. The van der Waals surface area contributed by atoms with Gasteiger partial charge in [-0.05, 0) is 38.0 Å². The van der Waals surface area contributed by atoms with Crippen LogP contribution in [0.5, 0.6) is 11.5 Å². The van der Waals surface area contributed by atoms with Gasteiger partial charge in [-0.25, -0.2) is 4.79 Å². The molecule has 0 saturated heterocycles. The molecule has 1 rings (SSSR count). The zero-order valence-corrected chi connectivity index (χ0v) is 14.8. The Hall–Kier alpha value is -1.91. The van der Waals surface area contributed by atoms with E-state index in [0.29, 0.717) is 24.7 Å². The van der Waals surface area contributed by atoms with Crippen molar-refractivity contribution in [3.05, 3.63) is 23.8 Å². The summed E-state index contributed by atoms with van der Waals surface area (Å²) in [5.74, 6) is 1.40. The van der Waals surface area contributed by atoms with Gasteiger partial charge in [0.05, 0.1) is 13.7 Å². The van der Waals surface area contributed by atoms with Crippen molar-refractivity contribution in [3.8, 4) is 11.5 Å². The maximum atomic E-state index is 11.9. The molecular weight excluding hydrogens is 292 g/mol. The highest BCUT2D eigenvalue weighted by molar-refractivity contribution is 5.74.